The van der Waals surface area contributed by atoms with Crippen molar-refractivity contribution in [2.75, 3.05) is 33.4 Å². The van der Waals surface area contributed by atoms with Crippen LogP contribution in [-0.2, 0) is 4.74 Å². The van der Waals surface area contributed by atoms with Gasteiger partial charge in [-0.15, -0.1) is 0 Å². The third kappa shape index (κ3) is 6.12. The summed E-state index contributed by atoms with van der Waals surface area (Å²) in [6.45, 7) is 9.81. The third-order valence-corrected chi connectivity index (χ3v) is 3.75. The third-order valence-electron chi connectivity index (χ3n) is 3.75. The molecule has 0 saturated carbocycles. The van der Waals surface area contributed by atoms with E-state index in [1.54, 1.807) is 13.2 Å². The predicted molar refractivity (Wildman–Crippen MR) is 86.0 cm³/mol. The normalized spacial score (nSPS) is 13.1. The maximum absolute atomic E-state index is 14.0. The average molecular weight is 296 g/mol. The highest BCUT2D eigenvalue weighted by Crippen LogP contribution is 2.20. The van der Waals surface area contributed by atoms with Crippen LogP contribution in [0.3, 0.4) is 0 Å². The van der Waals surface area contributed by atoms with Gasteiger partial charge in [-0.25, -0.2) is 4.39 Å². The summed E-state index contributed by atoms with van der Waals surface area (Å²) in [5.41, 5.74) is 0.759. The number of halogens is 1. The monoisotopic (exact) mass is 296 g/mol. The molecule has 1 N–H and O–H groups in total. The molecule has 4 heteroatoms. The molecule has 1 rings (SSSR count). The number of methoxy groups -OCH3 is 1. The van der Waals surface area contributed by atoms with E-state index in [9.17, 15) is 4.39 Å². The van der Waals surface area contributed by atoms with Gasteiger partial charge >= 0.3 is 0 Å². The van der Waals surface area contributed by atoms with Crippen LogP contribution in [0.15, 0.2) is 24.3 Å². The summed E-state index contributed by atoms with van der Waals surface area (Å²) >= 11 is 0. The lowest BCUT2D eigenvalue weighted by molar-refractivity contribution is 0.126. The fraction of sp³-hybridized carbons (Fsp3) is 0.647. The Bertz CT molecular complexity index is 398. The molecule has 1 unspecified atom stereocenters. The molecule has 0 aromatic heterocycles. The fourth-order valence-corrected chi connectivity index (χ4v) is 2.50. The molecule has 0 amide bonds. The van der Waals surface area contributed by atoms with Crippen LogP contribution >= 0.6 is 0 Å². The molecule has 0 saturated heterocycles. The minimum Gasteiger partial charge on any atom is -0.383 e. The molecule has 0 radical (unpaired) electrons. The zero-order chi connectivity index (χ0) is 15.7. The van der Waals surface area contributed by atoms with Crippen LogP contribution in [0, 0.1) is 5.82 Å². The van der Waals surface area contributed by atoms with Gasteiger partial charge in [0.2, 0.25) is 0 Å². The van der Waals surface area contributed by atoms with Gasteiger partial charge < -0.3 is 10.1 Å². The van der Waals surface area contributed by atoms with Gasteiger partial charge in [0.1, 0.15) is 5.82 Å². The lowest BCUT2D eigenvalue weighted by Gasteiger charge is -2.28. The molecule has 0 fully saturated rings. The number of ether oxygens (including phenoxy) is 1. The zero-order valence-corrected chi connectivity index (χ0v) is 13.7. The van der Waals surface area contributed by atoms with Gasteiger partial charge in [-0.1, -0.05) is 25.1 Å². The van der Waals surface area contributed by atoms with Crippen LogP contribution in [0.2, 0.25) is 0 Å². The summed E-state index contributed by atoms with van der Waals surface area (Å²) in [7, 11) is 1.72. The van der Waals surface area contributed by atoms with Crippen LogP contribution < -0.4 is 5.32 Å². The van der Waals surface area contributed by atoms with Crippen LogP contribution in [0.25, 0.3) is 0 Å². The second-order valence-corrected chi connectivity index (χ2v) is 5.54. The van der Waals surface area contributed by atoms with Crippen LogP contribution in [0.4, 0.5) is 4.39 Å². The second-order valence-electron chi connectivity index (χ2n) is 5.54. The molecule has 1 aromatic rings. The first-order valence-electron chi connectivity index (χ1n) is 7.80. The molecule has 0 bridgehead atoms. The minimum absolute atomic E-state index is 0.0556. The SMILES string of the molecule is CCNC(CCN(CCOC)C(C)C)c1ccccc1F. The Labute approximate surface area is 128 Å². The minimum atomic E-state index is -0.128. The van der Waals surface area contributed by atoms with E-state index in [0.29, 0.717) is 6.04 Å². The highest BCUT2D eigenvalue weighted by Gasteiger charge is 2.17. The molecule has 0 aliphatic rings. The van der Waals surface area contributed by atoms with Crippen LogP contribution in [-0.4, -0.2) is 44.3 Å². The zero-order valence-electron chi connectivity index (χ0n) is 13.7. The van der Waals surface area contributed by atoms with Gasteiger partial charge in [-0.05, 0) is 32.9 Å². The van der Waals surface area contributed by atoms with Crippen molar-refractivity contribution in [2.24, 2.45) is 0 Å². The van der Waals surface area contributed by atoms with E-state index in [-0.39, 0.29) is 11.9 Å². The summed E-state index contributed by atoms with van der Waals surface area (Å²) in [5.74, 6) is -0.128. The fourth-order valence-electron chi connectivity index (χ4n) is 2.50. The Morgan fingerprint density at radius 2 is 1.95 bits per heavy atom. The van der Waals surface area contributed by atoms with E-state index >= 15 is 0 Å². The molecule has 120 valence electrons. The van der Waals surface area contributed by atoms with E-state index in [1.807, 2.05) is 12.1 Å². The molecule has 1 aromatic carbocycles. The van der Waals surface area contributed by atoms with Crippen LogP contribution in [0.5, 0.6) is 0 Å². The Hall–Kier alpha value is -0.970. The molecule has 0 aliphatic heterocycles. The summed E-state index contributed by atoms with van der Waals surface area (Å²) in [5, 5.41) is 3.39. The van der Waals surface area contributed by atoms with Crippen molar-refractivity contribution in [3.05, 3.63) is 35.6 Å². The molecule has 21 heavy (non-hydrogen) atoms. The van der Waals surface area contributed by atoms with Crippen molar-refractivity contribution in [1.29, 1.82) is 0 Å². The van der Waals surface area contributed by atoms with Gasteiger partial charge in [0.05, 0.1) is 6.61 Å². The molecule has 3 nitrogen and oxygen atoms in total. The van der Waals surface area contributed by atoms with Crippen LogP contribution in [0.1, 0.15) is 38.8 Å². The largest absolute Gasteiger partial charge is 0.383 e. The summed E-state index contributed by atoms with van der Waals surface area (Å²) in [4.78, 5) is 2.37. The highest BCUT2D eigenvalue weighted by molar-refractivity contribution is 5.21. The number of hydrogen-bond donors (Lipinski definition) is 1. The van der Waals surface area contributed by atoms with Gasteiger partial charge in [0.25, 0.3) is 0 Å². The van der Waals surface area contributed by atoms with Crippen molar-refractivity contribution < 1.29 is 9.13 Å². The molecule has 0 spiro atoms. The maximum Gasteiger partial charge on any atom is 0.127 e. The predicted octanol–water partition coefficient (Wildman–Crippen LogP) is 3.22. The number of nitrogens with one attached hydrogen (secondary N) is 1. The average Bonchev–Trinajstić information content (AvgIpc) is 2.46. The van der Waals surface area contributed by atoms with Gasteiger partial charge in [-0.3, -0.25) is 4.90 Å². The lowest BCUT2D eigenvalue weighted by Crippen LogP contribution is -2.36. The Morgan fingerprint density at radius 1 is 1.24 bits per heavy atom. The molecule has 0 aliphatic carbocycles. The number of benzene rings is 1. The summed E-state index contributed by atoms with van der Waals surface area (Å²) in [6, 6.07) is 7.56. The Morgan fingerprint density at radius 3 is 2.52 bits per heavy atom. The van der Waals surface area contributed by atoms with Crippen molar-refractivity contribution in [3.8, 4) is 0 Å². The number of rotatable bonds is 10. The molecular weight excluding hydrogens is 267 g/mol. The lowest BCUT2D eigenvalue weighted by atomic mass is 10.0. The van der Waals surface area contributed by atoms with Gasteiger partial charge in [0, 0.05) is 37.8 Å². The van der Waals surface area contributed by atoms with E-state index in [0.717, 1.165) is 38.2 Å². The smallest absolute Gasteiger partial charge is 0.127 e. The summed E-state index contributed by atoms with van der Waals surface area (Å²) < 4.78 is 19.1. The van der Waals surface area contributed by atoms with Crippen molar-refractivity contribution in [3.63, 3.8) is 0 Å². The number of hydrogen-bond acceptors (Lipinski definition) is 3. The second kappa shape index (κ2) is 9.87. The number of nitrogens with zero attached hydrogens (tertiary/aromatic N) is 1. The molecular formula is C17H29FN2O. The standard InChI is InChI=1S/C17H29FN2O/c1-5-19-17(15-8-6-7-9-16(15)18)10-11-20(14(2)3)12-13-21-4/h6-9,14,17,19H,5,10-13H2,1-4H3. The van der Waals surface area contributed by atoms with Crippen molar-refractivity contribution in [2.45, 2.75) is 39.3 Å². The first-order valence-corrected chi connectivity index (χ1v) is 7.80. The quantitative estimate of drug-likeness (QED) is 0.717. The first kappa shape index (κ1) is 18.1. The molecule has 0 heterocycles. The molecule has 1 atom stereocenters. The van der Waals surface area contributed by atoms with Crippen molar-refractivity contribution in [1.82, 2.24) is 10.2 Å². The van der Waals surface area contributed by atoms with Gasteiger partial charge in [-0.2, -0.15) is 0 Å². The Kier molecular flexibility index (Phi) is 8.50. The summed E-state index contributed by atoms with van der Waals surface area (Å²) in [6.07, 6.45) is 0.886. The van der Waals surface area contributed by atoms with E-state index in [1.165, 1.54) is 6.07 Å². The van der Waals surface area contributed by atoms with E-state index < -0.39 is 0 Å². The van der Waals surface area contributed by atoms with Gasteiger partial charge in [0.15, 0.2) is 0 Å². The topological polar surface area (TPSA) is 24.5 Å². The first-order chi connectivity index (χ1) is 10.1. The van der Waals surface area contributed by atoms with E-state index in [4.69, 9.17) is 4.74 Å². The maximum atomic E-state index is 14.0. The van der Waals surface area contributed by atoms with Crippen molar-refractivity contribution >= 4 is 0 Å². The highest BCUT2D eigenvalue weighted by atomic mass is 19.1. The van der Waals surface area contributed by atoms with E-state index in [2.05, 4.69) is 31.0 Å². The Balaban J connectivity index is 2.67.